The van der Waals surface area contributed by atoms with Gasteiger partial charge in [-0.3, -0.25) is 4.79 Å². The lowest BCUT2D eigenvalue weighted by Gasteiger charge is -2.22. The molecular formula is C15H19ClN2O. The van der Waals surface area contributed by atoms with E-state index >= 15 is 0 Å². The molecule has 1 amide bonds. The molecule has 1 aromatic rings. The number of carbonyl (C=O) groups excluding carboxylic acids is 1. The Balaban J connectivity index is 2.11. The summed E-state index contributed by atoms with van der Waals surface area (Å²) < 4.78 is 0. The van der Waals surface area contributed by atoms with Crippen molar-refractivity contribution in [2.24, 2.45) is 0 Å². The number of hydrogen-bond acceptors (Lipinski definition) is 2. The second kappa shape index (κ2) is 6.22. The molecule has 1 heterocycles. The number of allylic oxidation sites excluding steroid dienone is 1. The fraction of sp³-hybridized carbons (Fsp3) is 0.400. The Labute approximate surface area is 119 Å². The monoisotopic (exact) mass is 278 g/mol. The SMILES string of the molecule is C/C(=C/C(=O)N(C)C1CCNC1)c1ccccc1Cl. The van der Waals surface area contributed by atoms with Gasteiger partial charge in [-0.05, 0) is 37.1 Å². The predicted molar refractivity (Wildman–Crippen MR) is 79.1 cm³/mol. The number of amides is 1. The van der Waals surface area contributed by atoms with E-state index in [0.717, 1.165) is 30.6 Å². The van der Waals surface area contributed by atoms with Crippen LogP contribution in [0, 0.1) is 0 Å². The zero-order valence-corrected chi connectivity index (χ0v) is 12.1. The first kappa shape index (κ1) is 14.1. The topological polar surface area (TPSA) is 32.3 Å². The van der Waals surface area contributed by atoms with E-state index in [-0.39, 0.29) is 5.91 Å². The van der Waals surface area contributed by atoms with Gasteiger partial charge in [0.25, 0.3) is 0 Å². The molecule has 1 fully saturated rings. The molecule has 0 aromatic heterocycles. The fourth-order valence-corrected chi connectivity index (χ4v) is 2.58. The van der Waals surface area contributed by atoms with Crippen molar-refractivity contribution in [2.75, 3.05) is 20.1 Å². The number of nitrogens with zero attached hydrogens (tertiary/aromatic N) is 1. The largest absolute Gasteiger partial charge is 0.338 e. The molecule has 0 radical (unpaired) electrons. The maximum Gasteiger partial charge on any atom is 0.246 e. The van der Waals surface area contributed by atoms with Crippen LogP contribution in [-0.4, -0.2) is 37.0 Å². The van der Waals surface area contributed by atoms with Crippen molar-refractivity contribution in [1.82, 2.24) is 10.2 Å². The smallest absolute Gasteiger partial charge is 0.246 e. The van der Waals surface area contributed by atoms with Crippen LogP contribution in [0.1, 0.15) is 18.9 Å². The van der Waals surface area contributed by atoms with Crippen LogP contribution in [0.3, 0.4) is 0 Å². The van der Waals surface area contributed by atoms with Gasteiger partial charge in [0.05, 0.1) is 0 Å². The Kier molecular flexibility index (Phi) is 4.61. The summed E-state index contributed by atoms with van der Waals surface area (Å²) in [6, 6.07) is 7.87. The summed E-state index contributed by atoms with van der Waals surface area (Å²) in [6.07, 6.45) is 2.68. The van der Waals surface area contributed by atoms with Crippen molar-refractivity contribution in [3.05, 3.63) is 40.9 Å². The maximum atomic E-state index is 12.2. The third-order valence-electron chi connectivity index (χ3n) is 3.57. The summed E-state index contributed by atoms with van der Waals surface area (Å²) in [5, 5.41) is 3.94. The minimum atomic E-state index is 0.0334. The highest BCUT2D eigenvalue weighted by Crippen LogP contribution is 2.23. The summed E-state index contributed by atoms with van der Waals surface area (Å²) in [7, 11) is 1.86. The van der Waals surface area contributed by atoms with E-state index in [9.17, 15) is 4.79 Å². The molecule has 1 aromatic carbocycles. The molecule has 102 valence electrons. The summed E-state index contributed by atoms with van der Waals surface area (Å²) in [6.45, 7) is 3.77. The van der Waals surface area contributed by atoms with Gasteiger partial charge in [0.2, 0.25) is 5.91 Å². The molecule has 0 saturated carbocycles. The number of carbonyl (C=O) groups is 1. The van der Waals surface area contributed by atoms with Crippen LogP contribution in [-0.2, 0) is 4.79 Å². The molecule has 1 N–H and O–H groups in total. The first-order valence-electron chi connectivity index (χ1n) is 6.50. The van der Waals surface area contributed by atoms with Crippen molar-refractivity contribution in [3.63, 3.8) is 0 Å². The highest BCUT2D eigenvalue weighted by Gasteiger charge is 2.22. The van der Waals surface area contributed by atoms with Gasteiger partial charge in [0, 0.05) is 30.7 Å². The summed E-state index contributed by atoms with van der Waals surface area (Å²) in [5.41, 5.74) is 1.81. The van der Waals surface area contributed by atoms with Gasteiger partial charge in [0.1, 0.15) is 0 Å². The lowest BCUT2D eigenvalue weighted by Crippen LogP contribution is -2.37. The van der Waals surface area contributed by atoms with Crippen molar-refractivity contribution >= 4 is 23.1 Å². The summed E-state index contributed by atoms with van der Waals surface area (Å²) >= 11 is 6.13. The molecule has 3 nitrogen and oxygen atoms in total. The number of likely N-dealkylation sites (N-methyl/N-ethyl adjacent to an activating group) is 1. The van der Waals surface area contributed by atoms with Crippen LogP contribution >= 0.6 is 11.6 Å². The van der Waals surface area contributed by atoms with Gasteiger partial charge >= 0.3 is 0 Å². The molecule has 19 heavy (non-hydrogen) atoms. The summed E-state index contributed by atoms with van der Waals surface area (Å²) in [5.74, 6) is 0.0334. The second-order valence-corrected chi connectivity index (χ2v) is 5.31. The van der Waals surface area contributed by atoms with Crippen molar-refractivity contribution < 1.29 is 4.79 Å². The van der Waals surface area contributed by atoms with Gasteiger partial charge in [-0.25, -0.2) is 0 Å². The minimum absolute atomic E-state index is 0.0334. The first-order chi connectivity index (χ1) is 9.09. The van der Waals surface area contributed by atoms with Crippen LogP contribution in [0.5, 0.6) is 0 Å². The lowest BCUT2D eigenvalue weighted by molar-refractivity contribution is -0.126. The molecule has 1 unspecified atom stereocenters. The van der Waals surface area contributed by atoms with Crippen molar-refractivity contribution in [1.29, 1.82) is 0 Å². The minimum Gasteiger partial charge on any atom is -0.338 e. The molecule has 1 aliphatic rings. The Morgan fingerprint density at radius 2 is 2.21 bits per heavy atom. The van der Waals surface area contributed by atoms with E-state index in [0.29, 0.717) is 11.1 Å². The number of rotatable bonds is 3. The van der Waals surface area contributed by atoms with Crippen molar-refractivity contribution in [3.8, 4) is 0 Å². The lowest BCUT2D eigenvalue weighted by atomic mass is 10.1. The van der Waals surface area contributed by atoms with E-state index < -0.39 is 0 Å². The molecule has 0 spiro atoms. The Morgan fingerprint density at radius 3 is 2.84 bits per heavy atom. The van der Waals surface area contributed by atoms with Gasteiger partial charge in [-0.1, -0.05) is 29.8 Å². The number of halogens is 1. The maximum absolute atomic E-state index is 12.2. The molecule has 1 aliphatic heterocycles. The van der Waals surface area contributed by atoms with Crippen LogP contribution in [0.2, 0.25) is 5.02 Å². The molecule has 1 saturated heterocycles. The zero-order valence-electron chi connectivity index (χ0n) is 11.3. The molecule has 0 aliphatic carbocycles. The predicted octanol–water partition coefficient (Wildman–Crippen LogP) is 2.56. The Hall–Kier alpha value is -1.32. The third-order valence-corrected chi connectivity index (χ3v) is 3.90. The Morgan fingerprint density at radius 1 is 1.47 bits per heavy atom. The molecule has 0 bridgehead atoms. The Bertz CT molecular complexity index is 493. The molecule has 1 atom stereocenters. The number of hydrogen-bond donors (Lipinski definition) is 1. The standard InChI is InChI=1S/C15H19ClN2O/c1-11(13-5-3-4-6-14(13)16)9-15(19)18(2)12-7-8-17-10-12/h3-6,9,12,17H,7-8,10H2,1-2H3/b11-9-. The second-order valence-electron chi connectivity index (χ2n) is 4.90. The van der Waals surface area contributed by atoms with Crippen LogP contribution in [0.25, 0.3) is 5.57 Å². The van der Waals surface area contributed by atoms with Gasteiger partial charge < -0.3 is 10.2 Å². The fourth-order valence-electron chi connectivity index (χ4n) is 2.30. The summed E-state index contributed by atoms with van der Waals surface area (Å²) in [4.78, 5) is 14.0. The van der Waals surface area contributed by atoms with E-state index in [4.69, 9.17) is 11.6 Å². The quantitative estimate of drug-likeness (QED) is 0.862. The van der Waals surface area contributed by atoms with Gasteiger partial charge in [0.15, 0.2) is 0 Å². The molecular weight excluding hydrogens is 260 g/mol. The van der Waals surface area contributed by atoms with Crippen molar-refractivity contribution in [2.45, 2.75) is 19.4 Å². The zero-order chi connectivity index (χ0) is 13.8. The highest BCUT2D eigenvalue weighted by molar-refractivity contribution is 6.32. The van der Waals surface area contributed by atoms with Gasteiger partial charge in [-0.2, -0.15) is 0 Å². The normalized spacial score (nSPS) is 19.5. The number of nitrogens with one attached hydrogen (secondary N) is 1. The van der Waals surface area contributed by atoms with Crippen LogP contribution < -0.4 is 5.32 Å². The van der Waals surface area contributed by atoms with E-state index in [1.54, 1.807) is 11.0 Å². The highest BCUT2D eigenvalue weighted by atomic mass is 35.5. The van der Waals surface area contributed by atoms with Crippen LogP contribution in [0.4, 0.5) is 0 Å². The van der Waals surface area contributed by atoms with Crippen LogP contribution in [0.15, 0.2) is 30.3 Å². The average Bonchev–Trinajstić information content (AvgIpc) is 2.92. The average molecular weight is 279 g/mol. The van der Waals surface area contributed by atoms with E-state index in [1.165, 1.54) is 0 Å². The third kappa shape index (κ3) is 3.37. The van der Waals surface area contributed by atoms with E-state index in [2.05, 4.69) is 5.32 Å². The number of benzene rings is 1. The first-order valence-corrected chi connectivity index (χ1v) is 6.88. The van der Waals surface area contributed by atoms with Gasteiger partial charge in [-0.15, -0.1) is 0 Å². The molecule has 2 rings (SSSR count). The van der Waals surface area contributed by atoms with E-state index in [1.807, 2.05) is 38.2 Å². The molecule has 4 heteroatoms.